The zero-order valence-corrected chi connectivity index (χ0v) is 14.3. The Morgan fingerprint density at radius 3 is 2.75 bits per heavy atom. The highest BCUT2D eigenvalue weighted by atomic mass is 32.1. The molecule has 1 saturated heterocycles. The van der Waals surface area contributed by atoms with E-state index in [0.717, 1.165) is 10.7 Å². The number of rotatable bonds is 4. The molecule has 0 unspecified atom stereocenters. The Labute approximate surface area is 144 Å². The standard InChI is InChI=1S/C17H18N4O2S/c1-11-10-24-16(19-11)12(2)20-17(22)21-8-15(9-21)23-14-5-3-13(7-18)4-6-14/h3-6,10,12,15H,8-9H2,1-2H3,(H,20,22)/t12-/m0/s1. The number of nitriles is 1. The molecule has 1 aromatic carbocycles. The Morgan fingerprint density at radius 2 is 2.17 bits per heavy atom. The van der Waals surface area contributed by atoms with Gasteiger partial charge < -0.3 is 15.0 Å². The number of hydrogen-bond donors (Lipinski definition) is 1. The molecule has 1 aliphatic rings. The van der Waals surface area contributed by atoms with Crippen molar-refractivity contribution in [3.05, 3.63) is 45.9 Å². The number of amides is 2. The molecule has 1 N–H and O–H groups in total. The van der Waals surface area contributed by atoms with Crippen LogP contribution in [0, 0.1) is 18.3 Å². The van der Waals surface area contributed by atoms with Crippen LogP contribution in [-0.4, -0.2) is 35.1 Å². The molecule has 124 valence electrons. The van der Waals surface area contributed by atoms with E-state index in [1.165, 1.54) is 0 Å². The van der Waals surface area contributed by atoms with Gasteiger partial charge in [-0.1, -0.05) is 0 Å². The molecule has 1 atom stereocenters. The predicted octanol–water partition coefficient (Wildman–Crippen LogP) is 2.86. The Bertz CT molecular complexity index is 760. The van der Waals surface area contributed by atoms with E-state index in [4.69, 9.17) is 10.00 Å². The molecule has 3 rings (SSSR count). The van der Waals surface area contributed by atoms with Gasteiger partial charge in [0, 0.05) is 11.1 Å². The van der Waals surface area contributed by atoms with Crippen LogP contribution in [0.25, 0.3) is 0 Å². The Kier molecular flexibility index (Phi) is 4.67. The molecule has 7 heteroatoms. The molecule has 0 spiro atoms. The summed E-state index contributed by atoms with van der Waals surface area (Å²) in [6, 6.07) is 8.85. The van der Waals surface area contributed by atoms with E-state index < -0.39 is 0 Å². The van der Waals surface area contributed by atoms with Gasteiger partial charge in [-0.05, 0) is 38.1 Å². The van der Waals surface area contributed by atoms with E-state index in [-0.39, 0.29) is 18.2 Å². The number of urea groups is 1. The number of ether oxygens (including phenoxy) is 1. The van der Waals surface area contributed by atoms with Crippen LogP contribution in [0.15, 0.2) is 29.6 Å². The largest absolute Gasteiger partial charge is 0.487 e. The number of carbonyl (C=O) groups is 1. The highest BCUT2D eigenvalue weighted by molar-refractivity contribution is 7.09. The minimum atomic E-state index is -0.102. The molecule has 1 aromatic heterocycles. The average molecular weight is 342 g/mol. The van der Waals surface area contributed by atoms with E-state index in [1.54, 1.807) is 40.5 Å². The smallest absolute Gasteiger partial charge is 0.318 e. The van der Waals surface area contributed by atoms with Crippen LogP contribution in [-0.2, 0) is 0 Å². The lowest BCUT2D eigenvalue weighted by molar-refractivity contribution is 0.0436. The van der Waals surface area contributed by atoms with Gasteiger partial charge in [0.2, 0.25) is 0 Å². The second-order valence-corrected chi connectivity index (χ2v) is 6.67. The van der Waals surface area contributed by atoms with Gasteiger partial charge in [0.15, 0.2) is 0 Å². The molecule has 6 nitrogen and oxygen atoms in total. The molecule has 2 heterocycles. The number of benzene rings is 1. The number of nitrogens with zero attached hydrogens (tertiary/aromatic N) is 3. The summed E-state index contributed by atoms with van der Waals surface area (Å²) in [4.78, 5) is 18.3. The summed E-state index contributed by atoms with van der Waals surface area (Å²) in [5, 5.41) is 14.6. The number of carbonyl (C=O) groups excluding carboxylic acids is 1. The van der Waals surface area contributed by atoms with E-state index >= 15 is 0 Å². The second-order valence-electron chi connectivity index (χ2n) is 5.78. The van der Waals surface area contributed by atoms with Crippen molar-refractivity contribution < 1.29 is 9.53 Å². The van der Waals surface area contributed by atoms with Crippen molar-refractivity contribution in [3.63, 3.8) is 0 Å². The van der Waals surface area contributed by atoms with E-state index in [2.05, 4.69) is 16.4 Å². The van der Waals surface area contributed by atoms with Gasteiger partial charge >= 0.3 is 6.03 Å². The molecule has 2 aromatic rings. The van der Waals surface area contributed by atoms with Gasteiger partial charge in [0.25, 0.3) is 0 Å². The normalized spacial score (nSPS) is 15.3. The molecule has 0 bridgehead atoms. The molecular weight excluding hydrogens is 324 g/mol. The fourth-order valence-electron chi connectivity index (χ4n) is 2.39. The van der Waals surface area contributed by atoms with Crippen LogP contribution in [0.3, 0.4) is 0 Å². The van der Waals surface area contributed by atoms with Gasteiger partial charge in [0.1, 0.15) is 16.9 Å². The summed E-state index contributed by atoms with van der Waals surface area (Å²) in [6.45, 7) is 4.97. The number of thiazole rings is 1. The van der Waals surface area contributed by atoms with Crippen LogP contribution in [0.2, 0.25) is 0 Å². The maximum atomic E-state index is 12.2. The first-order chi connectivity index (χ1) is 11.5. The first-order valence-electron chi connectivity index (χ1n) is 7.69. The molecule has 0 radical (unpaired) electrons. The number of hydrogen-bond acceptors (Lipinski definition) is 5. The molecular formula is C17H18N4O2S. The first kappa shape index (κ1) is 16.3. The SMILES string of the molecule is Cc1csc([C@H](C)NC(=O)N2CC(Oc3ccc(C#N)cc3)C2)n1. The Balaban J connectivity index is 1.45. The van der Waals surface area contributed by atoms with E-state index in [1.807, 2.05) is 19.2 Å². The van der Waals surface area contributed by atoms with Crippen molar-refractivity contribution in [3.8, 4) is 11.8 Å². The quantitative estimate of drug-likeness (QED) is 0.927. The first-order valence-corrected chi connectivity index (χ1v) is 8.57. The molecule has 0 saturated carbocycles. The third-order valence-corrected chi connectivity index (χ3v) is 4.91. The minimum absolute atomic E-state index is 0.0129. The third-order valence-electron chi connectivity index (χ3n) is 3.77. The fourth-order valence-corrected chi connectivity index (χ4v) is 3.19. The lowest BCUT2D eigenvalue weighted by Crippen LogP contribution is -2.59. The Morgan fingerprint density at radius 1 is 1.46 bits per heavy atom. The molecule has 1 aliphatic heterocycles. The molecule has 24 heavy (non-hydrogen) atoms. The summed E-state index contributed by atoms with van der Waals surface area (Å²) in [7, 11) is 0. The summed E-state index contributed by atoms with van der Waals surface area (Å²) < 4.78 is 5.78. The second kappa shape index (κ2) is 6.89. The number of likely N-dealkylation sites (tertiary alicyclic amines) is 1. The highest BCUT2D eigenvalue weighted by Gasteiger charge is 2.33. The van der Waals surface area contributed by atoms with Crippen molar-refractivity contribution in [1.82, 2.24) is 15.2 Å². The summed E-state index contributed by atoms with van der Waals surface area (Å²) in [5.74, 6) is 0.714. The summed E-state index contributed by atoms with van der Waals surface area (Å²) in [6.07, 6.45) is -0.0129. The van der Waals surface area contributed by atoms with E-state index in [9.17, 15) is 4.79 Å². The van der Waals surface area contributed by atoms with Crippen molar-refractivity contribution in [2.24, 2.45) is 0 Å². The summed E-state index contributed by atoms with van der Waals surface area (Å²) >= 11 is 1.55. The van der Waals surface area contributed by atoms with Gasteiger partial charge in [-0.15, -0.1) is 11.3 Å². The van der Waals surface area contributed by atoms with Crippen LogP contribution < -0.4 is 10.1 Å². The van der Waals surface area contributed by atoms with Crippen LogP contribution in [0.5, 0.6) is 5.75 Å². The van der Waals surface area contributed by atoms with Crippen molar-refractivity contribution in [1.29, 1.82) is 5.26 Å². The fraction of sp³-hybridized carbons (Fsp3) is 0.353. The molecule has 0 aliphatic carbocycles. The highest BCUT2D eigenvalue weighted by Crippen LogP contribution is 2.21. The number of aromatic nitrogens is 1. The van der Waals surface area contributed by atoms with Gasteiger partial charge in [-0.3, -0.25) is 0 Å². The van der Waals surface area contributed by atoms with Gasteiger partial charge in [-0.25, -0.2) is 9.78 Å². The zero-order valence-electron chi connectivity index (χ0n) is 13.5. The lowest BCUT2D eigenvalue weighted by Gasteiger charge is -2.39. The van der Waals surface area contributed by atoms with Gasteiger partial charge in [-0.2, -0.15) is 5.26 Å². The van der Waals surface area contributed by atoms with Crippen LogP contribution >= 0.6 is 11.3 Å². The van der Waals surface area contributed by atoms with E-state index in [0.29, 0.717) is 24.4 Å². The minimum Gasteiger partial charge on any atom is -0.487 e. The lowest BCUT2D eigenvalue weighted by atomic mass is 10.1. The summed E-state index contributed by atoms with van der Waals surface area (Å²) in [5.41, 5.74) is 1.57. The van der Waals surface area contributed by atoms with Crippen LogP contribution in [0.1, 0.15) is 29.2 Å². The average Bonchev–Trinajstić information content (AvgIpc) is 2.97. The number of nitrogens with one attached hydrogen (secondary N) is 1. The zero-order chi connectivity index (χ0) is 17.1. The monoisotopic (exact) mass is 342 g/mol. The number of aryl methyl sites for hydroxylation is 1. The predicted molar refractivity (Wildman–Crippen MR) is 90.9 cm³/mol. The molecule has 1 fully saturated rings. The Hall–Kier alpha value is -2.59. The van der Waals surface area contributed by atoms with Crippen LogP contribution in [0.4, 0.5) is 4.79 Å². The maximum absolute atomic E-state index is 12.2. The molecule has 2 amide bonds. The van der Waals surface area contributed by atoms with Gasteiger partial charge in [0.05, 0.1) is 30.8 Å². The third kappa shape index (κ3) is 3.66. The van der Waals surface area contributed by atoms with Crippen molar-refractivity contribution in [2.75, 3.05) is 13.1 Å². The maximum Gasteiger partial charge on any atom is 0.318 e. The van der Waals surface area contributed by atoms with Crippen molar-refractivity contribution in [2.45, 2.75) is 26.0 Å². The van der Waals surface area contributed by atoms with Crippen molar-refractivity contribution >= 4 is 17.4 Å². The topological polar surface area (TPSA) is 78.3 Å².